The summed E-state index contributed by atoms with van der Waals surface area (Å²) in [5.41, 5.74) is 1.00. The number of allylic oxidation sites excluding steroid dienone is 1. The van der Waals surface area contributed by atoms with Gasteiger partial charge in [0.1, 0.15) is 5.82 Å². The van der Waals surface area contributed by atoms with Crippen LogP contribution < -0.4 is 5.32 Å². The van der Waals surface area contributed by atoms with Crippen molar-refractivity contribution in [2.75, 3.05) is 20.1 Å². The van der Waals surface area contributed by atoms with Gasteiger partial charge in [-0.25, -0.2) is 9.38 Å². The normalized spacial score (nSPS) is 11.2. The minimum absolute atomic E-state index is 0.217. The number of rotatable bonds is 7. The van der Waals surface area contributed by atoms with Gasteiger partial charge in [-0.2, -0.15) is 0 Å². The molecule has 0 fully saturated rings. The molecular formula is C16H24FN3. The molecule has 1 aromatic carbocycles. The van der Waals surface area contributed by atoms with E-state index in [4.69, 9.17) is 0 Å². The van der Waals surface area contributed by atoms with Crippen molar-refractivity contribution in [3.63, 3.8) is 0 Å². The lowest BCUT2D eigenvalue weighted by Crippen LogP contribution is -2.39. The fourth-order valence-electron chi connectivity index (χ4n) is 1.80. The van der Waals surface area contributed by atoms with Crippen molar-refractivity contribution in [2.45, 2.75) is 26.3 Å². The van der Waals surface area contributed by atoms with E-state index >= 15 is 0 Å². The van der Waals surface area contributed by atoms with Gasteiger partial charge in [-0.3, -0.25) is 0 Å². The molecule has 1 rings (SSSR count). The average molecular weight is 277 g/mol. The van der Waals surface area contributed by atoms with Crippen molar-refractivity contribution in [3.8, 4) is 0 Å². The summed E-state index contributed by atoms with van der Waals surface area (Å²) in [7, 11) is 2.02. The summed E-state index contributed by atoms with van der Waals surface area (Å²) in [6.07, 6.45) is 3.99. The van der Waals surface area contributed by atoms with E-state index in [1.165, 1.54) is 12.1 Å². The Hall–Kier alpha value is -1.84. The first kappa shape index (κ1) is 16.2. The zero-order valence-electron chi connectivity index (χ0n) is 12.4. The van der Waals surface area contributed by atoms with Gasteiger partial charge in [-0.15, -0.1) is 6.58 Å². The highest BCUT2D eigenvalue weighted by Crippen LogP contribution is 2.04. The minimum Gasteiger partial charge on any atom is -0.357 e. The first-order chi connectivity index (χ1) is 9.67. The highest BCUT2D eigenvalue weighted by Gasteiger charge is 2.04. The molecule has 0 aliphatic carbocycles. The van der Waals surface area contributed by atoms with E-state index < -0.39 is 0 Å². The number of halogens is 1. The van der Waals surface area contributed by atoms with Crippen LogP contribution in [0.15, 0.2) is 41.9 Å². The lowest BCUT2D eigenvalue weighted by molar-refractivity contribution is 0.470. The maximum absolute atomic E-state index is 12.8. The second-order valence-corrected chi connectivity index (χ2v) is 4.65. The zero-order valence-corrected chi connectivity index (χ0v) is 12.4. The SMILES string of the molecule is C=CCCCN(C)C(=NCc1ccc(F)cc1)NCC. The first-order valence-corrected chi connectivity index (χ1v) is 7.02. The third kappa shape index (κ3) is 5.87. The number of benzene rings is 1. The number of guanidine groups is 1. The number of nitrogens with one attached hydrogen (secondary N) is 1. The summed E-state index contributed by atoms with van der Waals surface area (Å²) in [4.78, 5) is 6.68. The smallest absolute Gasteiger partial charge is 0.193 e. The fourth-order valence-corrected chi connectivity index (χ4v) is 1.80. The number of nitrogens with zero attached hydrogens (tertiary/aromatic N) is 2. The summed E-state index contributed by atoms with van der Waals surface area (Å²) >= 11 is 0. The Kier molecular flexibility index (Phi) is 7.40. The molecule has 0 amide bonds. The van der Waals surface area contributed by atoms with E-state index in [1.54, 1.807) is 12.1 Å². The van der Waals surface area contributed by atoms with Crippen molar-refractivity contribution >= 4 is 5.96 Å². The Morgan fingerprint density at radius 3 is 2.70 bits per heavy atom. The molecule has 0 bridgehead atoms. The first-order valence-electron chi connectivity index (χ1n) is 7.02. The number of hydrogen-bond acceptors (Lipinski definition) is 1. The Bertz CT molecular complexity index is 426. The maximum Gasteiger partial charge on any atom is 0.193 e. The van der Waals surface area contributed by atoms with Crippen molar-refractivity contribution in [3.05, 3.63) is 48.3 Å². The van der Waals surface area contributed by atoms with Crippen LogP contribution in [0, 0.1) is 5.82 Å². The van der Waals surface area contributed by atoms with Crippen LogP contribution in [0.4, 0.5) is 4.39 Å². The van der Waals surface area contributed by atoms with Crippen LogP contribution in [0.2, 0.25) is 0 Å². The van der Waals surface area contributed by atoms with Gasteiger partial charge in [0.15, 0.2) is 5.96 Å². The summed E-state index contributed by atoms with van der Waals surface area (Å²) in [6, 6.07) is 6.46. The highest BCUT2D eigenvalue weighted by molar-refractivity contribution is 5.79. The van der Waals surface area contributed by atoms with Gasteiger partial charge >= 0.3 is 0 Å². The molecule has 1 N–H and O–H groups in total. The van der Waals surface area contributed by atoms with Crippen molar-refractivity contribution in [2.24, 2.45) is 4.99 Å². The van der Waals surface area contributed by atoms with E-state index in [0.717, 1.165) is 37.5 Å². The molecule has 0 saturated carbocycles. The molecule has 0 unspecified atom stereocenters. The molecule has 0 aliphatic heterocycles. The molecule has 0 radical (unpaired) electrons. The maximum atomic E-state index is 12.8. The van der Waals surface area contributed by atoms with Crippen LogP contribution in [0.25, 0.3) is 0 Å². The minimum atomic E-state index is -0.217. The zero-order chi connectivity index (χ0) is 14.8. The lowest BCUT2D eigenvalue weighted by Gasteiger charge is -2.21. The Morgan fingerprint density at radius 1 is 1.40 bits per heavy atom. The monoisotopic (exact) mass is 277 g/mol. The molecule has 3 nitrogen and oxygen atoms in total. The summed E-state index contributed by atoms with van der Waals surface area (Å²) in [5, 5.41) is 3.27. The summed E-state index contributed by atoms with van der Waals surface area (Å²) in [6.45, 7) is 8.08. The summed E-state index contributed by atoms with van der Waals surface area (Å²) in [5.74, 6) is 0.659. The highest BCUT2D eigenvalue weighted by atomic mass is 19.1. The van der Waals surface area contributed by atoms with E-state index in [2.05, 4.69) is 21.8 Å². The quantitative estimate of drug-likeness (QED) is 0.359. The number of hydrogen-bond donors (Lipinski definition) is 1. The van der Waals surface area contributed by atoms with Crippen molar-refractivity contribution in [1.29, 1.82) is 0 Å². The predicted molar refractivity (Wildman–Crippen MR) is 83.3 cm³/mol. The second kappa shape index (κ2) is 9.13. The van der Waals surface area contributed by atoms with E-state index in [-0.39, 0.29) is 5.82 Å². The Labute approximate surface area is 121 Å². The van der Waals surface area contributed by atoms with Crippen LogP contribution in [0.5, 0.6) is 0 Å². The molecule has 20 heavy (non-hydrogen) atoms. The van der Waals surface area contributed by atoms with Crippen molar-refractivity contribution < 1.29 is 4.39 Å². The molecule has 0 aromatic heterocycles. The fraction of sp³-hybridized carbons (Fsp3) is 0.438. The van der Waals surface area contributed by atoms with Gasteiger partial charge < -0.3 is 10.2 Å². The van der Waals surface area contributed by atoms with Gasteiger partial charge in [-0.1, -0.05) is 18.2 Å². The number of unbranched alkanes of at least 4 members (excludes halogenated alkanes) is 1. The van der Waals surface area contributed by atoms with Crippen LogP contribution in [-0.4, -0.2) is 31.0 Å². The van der Waals surface area contributed by atoms with Gasteiger partial charge in [0.25, 0.3) is 0 Å². The van der Waals surface area contributed by atoms with Gasteiger partial charge in [0.2, 0.25) is 0 Å². The third-order valence-electron chi connectivity index (χ3n) is 2.92. The topological polar surface area (TPSA) is 27.6 Å². The van der Waals surface area contributed by atoms with Crippen LogP contribution in [0.1, 0.15) is 25.3 Å². The summed E-state index contributed by atoms with van der Waals surface area (Å²) < 4.78 is 12.8. The molecule has 4 heteroatoms. The van der Waals surface area contributed by atoms with Gasteiger partial charge in [0, 0.05) is 20.1 Å². The van der Waals surface area contributed by atoms with Crippen LogP contribution in [0.3, 0.4) is 0 Å². The van der Waals surface area contributed by atoms with Crippen LogP contribution in [-0.2, 0) is 6.54 Å². The lowest BCUT2D eigenvalue weighted by atomic mass is 10.2. The molecule has 1 aromatic rings. The van der Waals surface area contributed by atoms with Gasteiger partial charge in [-0.05, 0) is 37.5 Å². The molecule has 0 aliphatic rings. The average Bonchev–Trinajstić information content (AvgIpc) is 2.45. The van der Waals surface area contributed by atoms with E-state index in [1.807, 2.05) is 20.0 Å². The molecule has 0 atom stereocenters. The number of aliphatic imine (C=N–C) groups is 1. The second-order valence-electron chi connectivity index (χ2n) is 4.65. The predicted octanol–water partition coefficient (Wildman–Crippen LogP) is 3.19. The third-order valence-corrected chi connectivity index (χ3v) is 2.92. The molecule has 0 spiro atoms. The molecule has 0 heterocycles. The van der Waals surface area contributed by atoms with Gasteiger partial charge in [0.05, 0.1) is 6.54 Å². The Balaban J connectivity index is 2.61. The largest absolute Gasteiger partial charge is 0.357 e. The Morgan fingerprint density at radius 2 is 2.10 bits per heavy atom. The van der Waals surface area contributed by atoms with Crippen molar-refractivity contribution in [1.82, 2.24) is 10.2 Å². The molecular weight excluding hydrogens is 253 g/mol. The molecule has 110 valence electrons. The molecule has 0 saturated heterocycles. The van der Waals surface area contributed by atoms with Crippen LogP contribution >= 0.6 is 0 Å². The van der Waals surface area contributed by atoms with E-state index in [9.17, 15) is 4.39 Å². The standard InChI is InChI=1S/C16H24FN3/c1-4-6-7-12-20(3)16(18-5-2)19-13-14-8-10-15(17)11-9-14/h4,8-11H,1,5-7,12-13H2,2-3H3,(H,18,19). The van der Waals surface area contributed by atoms with E-state index in [0.29, 0.717) is 6.54 Å².